The third-order valence-electron chi connectivity index (χ3n) is 5.73. The fourth-order valence-electron chi connectivity index (χ4n) is 3.89. The van der Waals surface area contributed by atoms with Crippen molar-refractivity contribution in [3.05, 3.63) is 41.9 Å². The number of nitrogens with one attached hydrogen (secondary N) is 1. The van der Waals surface area contributed by atoms with Crippen LogP contribution in [0, 0.1) is 6.92 Å². The molecule has 0 atom stereocenters. The zero-order valence-electron chi connectivity index (χ0n) is 19.2. The second kappa shape index (κ2) is 9.24. The minimum absolute atomic E-state index is 0.0856. The van der Waals surface area contributed by atoms with Crippen molar-refractivity contribution in [2.45, 2.75) is 31.1 Å². The van der Waals surface area contributed by atoms with E-state index < -0.39 is 10.0 Å². The largest absolute Gasteiger partial charge is 0.371 e. The molecule has 11 heteroatoms. The van der Waals surface area contributed by atoms with E-state index in [-0.39, 0.29) is 10.8 Å². The number of benzene rings is 1. The van der Waals surface area contributed by atoms with Crippen LogP contribution < -0.4 is 10.2 Å². The summed E-state index contributed by atoms with van der Waals surface area (Å²) in [5.74, 6) is 0.394. The van der Waals surface area contributed by atoms with Gasteiger partial charge in [0.1, 0.15) is 0 Å². The van der Waals surface area contributed by atoms with Gasteiger partial charge in [-0.15, -0.1) is 0 Å². The highest BCUT2D eigenvalue weighted by atomic mass is 32.2. The molecule has 4 rings (SSSR count). The molecular weight excluding hydrogens is 460 g/mol. The second-order valence-corrected chi connectivity index (χ2v) is 11.4. The molecule has 0 unspecified atom stereocenters. The van der Waals surface area contributed by atoms with E-state index in [9.17, 15) is 13.2 Å². The molecule has 1 aliphatic heterocycles. The molecule has 3 aromatic rings. The van der Waals surface area contributed by atoms with Crippen LogP contribution in [-0.4, -0.2) is 60.4 Å². The van der Waals surface area contributed by atoms with Gasteiger partial charge in [0, 0.05) is 52.3 Å². The number of carbonyl (C=O) groups excluding carboxylic acids is 1. The number of rotatable bonds is 6. The van der Waals surface area contributed by atoms with Gasteiger partial charge in [0.2, 0.25) is 10.0 Å². The van der Waals surface area contributed by atoms with E-state index in [0.717, 1.165) is 58.7 Å². The van der Waals surface area contributed by atoms with E-state index >= 15 is 0 Å². The van der Waals surface area contributed by atoms with E-state index in [1.165, 1.54) is 31.5 Å². The van der Waals surface area contributed by atoms with E-state index in [0.29, 0.717) is 10.7 Å². The van der Waals surface area contributed by atoms with Crippen LogP contribution in [0.1, 0.15) is 35.3 Å². The lowest BCUT2D eigenvalue weighted by atomic mass is 10.1. The number of anilines is 2. The average molecular weight is 489 g/mol. The Hall–Kier alpha value is -2.76. The summed E-state index contributed by atoms with van der Waals surface area (Å²) in [5.41, 5.74) is 1.83. The molecule has 1 aromatic carbocycles. The Labute approximate surface area is 198 Å². The lowest BCUT2D eigenvalue weighted by Gasteiger charge is -2.30. The van der Waals surface area contributed by atoms with Crippen molar-refractivity contribution in [1.29, 1.82) is 0 Å². The number of piperidine rings is 1. The van der Waals surface area contributed by atoms with Crippen LogP contribution in [0.3, 0.4) is 0 Å². The summed E-state index contributed by atoms with van der Waals surface area (Å²) in [6, 6.07) is 4.78. The van der Waals surface area contributed by atoms with Gasteiger partial charge in [-0.25, -0.2) is 22.7 Å². The van der Waals surface area contributed by atoms with Crippen molar-refractivity contribution >= 4 is 38.1 Å². The maximum absolute atomic E-state index is 13.4. The third kappa shape index (κ3) is 4.66. The number of amides is 1. The number of thiazole rings is 1. The van der Waals surface area contributed by atoms with Crippen LogP contribution in [0.15, 0.2) is 35.5 Å². The fraction of sp³-hybridized carbons (Fsp3) is 0.409. The molecular formula is C22H28N6O3S2. The van der Waals surface area contributed by atoms with Gasteiger partial charge in [0.05, 0.1) is 21.0 Å². The molecule has 9 nitrogen and oxygen atoms in total. The smallest absolute Gasteiger partial charge is 0.259 e. The molecule has 0 saturated carbocycles. The molecule has 0 radical (unpaired) electrons. The highest BCUT2D eigenvalue weighted by molar-refractivity contribution is 7.89. The molecule has 1 aliphatic rings. The van der Waals surface area contributed by atoms with Crippen LogP contribution in [0.5, 0.6) is 0 Å². The normalized spacial score (nSPS) is 14.6. The first-order valence-electron chi connectivity index (χ1n) is 10.8. The molecule has 1 saturated heterocycles. The first-order chi connectivity index (χ1) is 15.7. The van der Waals surface area contributed by atoms with Crippen LogP contribution in [0.25, 0.3) is 10.7 Å². The molecule has 1 amide bonds. The van der Waals surface area contributed by atoms with Gasteiger partial charge in [0.15, 0.2) is 11.0 Å². The highest BCUT2D eigenvalue weighted by Gasteiger charge is 2.25. The SMILES string of the molecule is Cc1nc(NC(=O)c2cc(S(=O)(=O)N(C)C)ccc2N2CCCCC2)sc1-c1nccn1C. The van der Waals surface area contributed by atoms with E-state index in [1.807, 2.05) is 24.7 Å². The summed E-state index contributed by atoms with van der Waals surface area (Å²) in [6.07, 6.45) is 6.80. The molecule has 33 heavy (non-hydrogen) atoms. The Morgan fingerprint density at radius 2 is 1.91 bits per heavy atom. The van der Waals surface area contributed by atoms with Gasteiger partial charge >= 0.3 is 0 Å². The average Bonchev–Trinajstić information content (AvgIpc) is 3.38. The summed E-state index contributed by atoms with van der Waals surface area (Å²) in [4.78, 5) is 25.4. The van der Waals surface area contributed by atoms with E-state index in [2.05, 4.69) is 20.2 Å². The summed E-state index contributed by atoms with van der Waals surface area (Å²) in [6.45, 7) is 3.54. The van der Waals surface area contributed by atoms with Crippen LogP contribution in [0.4, 0.5) is 10.8 Å². The number of aromatic nitrogens is 3. The second-order valence-electron chi connectivity index (χ2n) is 8.26. The first kappa shape index (κ1) is 23.4. The number of nitrogens with zero attached hydrogens (tertiary/aromatic N) is 5. The monoisotopic (exact) mass is 488 g/mol. The standard InChI is InChI=1S/C22H28N6O3S2/c1-15-19(20-23-10-13-27(20)4)32-22(24-15)25-21(29)17-14-16(33(30,31)26(2)3)8-9-18(17)28-11-6-5-7-12-28/h8-10,13-14H,5-7,11-12H2,1-4H3,(H,24,25,29). The molecule has 0 bridgehead atoms. The van der Waals surface area contributed by atoms with Crippen molar-refractivity contribution in [2.75, 3.05) is 37.4 Å². The van der Waals surface area contributed by atoms with Gasteiger partial charge in [-0.2, -0.15) is 0 Å². The van der Waals surface area contributed by atoms with E-state index in [1.54, 1.807) is 18.3 Å². The number of sulfonamides is 1. The summed E-state index contributed by atoms with van der Waals surface area (Å²) in [7, 11) is 1.18. The number of carbonyl (C=O) groups is 1. The third-order valence-corrected chi connectivity index (χ3v) is 8.61. The Kier molecular flexibility index (Phi) is 6.55. The fourth-order valence-corrected chi connectivity index (χ4v) is 5.81. The predicted molar refractivity (Wildman–Crippen MR) is 130 cm³/mol. The van der Waals surface area contributed by atoms with Crippen molar-refractivity contribution in [2.24, 2.45) is 7.05 Å². The van der Waals surface area contributed by atoms with Crippen molar-refractivity contribution in [1.82, 2.24) is 18.8 Å². The maximum atomic E-state index is 13.4. The Balaban J connectivity index is 1.70. The van der Waals surface area contributed by atoms with Gasteiger partial charge in [-0.1, -0.05) is 11.3 Å². The van der Waals surface area contributed by atoms with E-state index in [4.69, 9.17) is 0 Å². The van der Waals surface area contributed by atoms with Gasteiger partial charge in [-0.05, 0) is 44.4 Å². The van der Waals surface area contributed by atoms with Crippen molar-refractivity contribution < 1.29 is 13.2 Å². The minimum Gasteiger partial charge on any atom is -0.371 e. The van der Waals surface area contributed by atoms with Gasteiger partial charge in [-0.3, -0.25) is 10.1 Å². The van der Waals surface area contributed by atoms with Crippen LogP contribution in [-0.2, 0) is 17.1 Å². The molecule has 3 heterocycles. The number of imidazole rings is 1. The zero-order valence-corrected chi connectivity index (χ0v) is 20.8. The maximum Gasteiger partial charge on any atom is 0.259 e. The highest BCUT2D eigenvalue weighted by Crippen LogP contribution is 2.33. The van der Waals surface area contributed by atoms with Gasteiger partial charge < -0.3 is 9.47 Å². The molecule has 0 aliphatic carbocycles. The molecule has 0 spiro atoms. The van der Waals surface area contributed by atoms with Crippen molar-refractivity contribution in [3.8, 4) is 10.7 Å². The minimum atomic E-state index is -3.68. The summed E-state index contributed by atoms with van der Waals surface area (Å²) < 4.78 is 28.5. The summed E-state index contributed by atoms with van der Waals surface area (Å²) in [5, 5.41) is 3.33. The van der Waals surface area contributed by atoms with Crippen molar-refractivity contribution in [3.63, 3.8) is 0 Å². The lowest BCUT2D eigenvalue weighted by molar-refractivity contribution is 0.102. The van der Waals surface area contributed by atoms with Gasteiger partial charge in [0.25, 0.3) is 5.91 Å². The quantitative estimate of drug-likeness (QED) is 0.571. The first-order valence-corrected chi connectivity index (χ1v) is 13.0. The summed E-state index contributed by atoms with van der Waals surface area (Å²) >= 11 is 1.34. The van der Waals surface area contributed by atoms with Crippen LogP contribution >= 0.6 is 11.3 Å². The number of hydrogen-bond donors (Lipinski definition) is 1. The number of hydrogen-bond acceptors (Lipinski definition) is 7. The topological polar surface area (TPSA) is 100 Å². The molecule has 1 N–H and O–H groups in total. The van der Waals surface area contributed by atoms with Crippen LogP contribution in [0.2, 0.25) is 0 Å². The Bertz CT molecular complexity index is 1270. The Morgan fingerprint density at radius 1 is 1.18 bits per heavy atom. The Morgan fingerprint density at radius 3 is 2.55 bits per heavy atom. The molecule has 1 fully saturated rings. The molecule has 176 valence electrons. The molecule has 2 aromatic heterocycles. The predicted octanol–water partition coefficient (Wildman–Crippen LogP) is 3.34. The lowest BCUT2D eigenvalue weighted by Crippen LogP contribution is -2.32. The zero-order chi connectivity index (χ0) is 23.8. The number of aryl methyl sites for hydroxylation is 2.